The number of hydrogen-bond donors (Lipinski definition) is 1. The van der Waals surface area contributed by atoms with Crippen molar-refractivity contribution in [2.24, 2.45) is 0 Å². The van der Waals surface area contributed by atoms with Crippen molar-refractivity contribution in [2.75, 3.05) is 32.1 Å². The van der Waals surface area contributed by atoms with Crippen LogP contribution in [0.4, 0.5) is 0 Å². The van der Waals surface area contributed by atoms with Crippen molar-refractivity contribution in [2.45, 2.75) is 13.3 Å². The van der Waals surface area contributed by atoms with Crippen LogP contribution in [0.1, 0.15) is 13.3 Å². The summed E-state index contributed by atoms with van der Waals surface area (Å²) in [7, 11) is 4.07. The molecular weight excluding hydrogens is 198 g/mol. The summed E-state index contributed by atoms with van der Waals surface area (Å²) in [5.41, 5.74) is 0.516. The molecule has 0 radical (unpaired) electrons. The fourth-order valence-corrected chi connectivity index (χ4v) is 1.85. The molecule has 0 heterocycles. The van der Waals surface area contributed by atoms with E-state index in [1.165, 1.54) is 0 Å². The number of rotatable bonds is 7. The first-order chi connectivity index (χ1) is 6.57. The van der Waals surface area contributed by atoms with Gasteiger partial charge >= 0.3 is 5.97 Å². The highest BCUT2D eigenvalue weighted by Crippen LogP contribution is 2.06. The number of aliphatic carboxylic acids is 1. The quantitative estimate of drug-likeness (QED) is 0.520. The molecule has 0 unspecified atom stereocenters. The molecule has 0 saturated heterocycles. The second kappa shape index (κ2) is 7.88. The van der Waals surface area contributed by atoms with E-state index in [-0.39, 0.29) is 0 Å². The molecule has 0 fully saturated rings. The fourth-order valence-electron chi connectivity index (χ4n) is 0.873. The van der Waals surface area contributed by atoms with Crippen LogP contribution >= 0.6 is 11.8 Å². The molecule has 0 rings (SSSR count). The van der Waals surface area contributed by atoms with Crippen molar-refractivity contribution in [1.29, 1.82) is 0 Å². The van der Waals surface area contributed by atoms with Crippen molar-refractivity contribution in [3.63, 3.8) is 0 Å². The highest BCUT2D eigenvalue weighted by Gasteiger charge is 2.02. The maximum Gasteiger partial charge on any atom is 0.331 e. The molecule has 0 aliphatic rings. The number of carboxylic acid groups (broad SMARTS) is 1. The summed E-state index contributed by atoms with van der Waals surface area (Å²) in [6.45, 7) is 2.90. The highest BCUT2D eigenvalue weighted by molar-refractivity contribution is 7.99. The molecular formula is C10H19NO2S. The number of nitrogens with zero attached hydrogens (tertiary/aromatic N) is 1. The van der Waals surface area contributed by atoms with Gasteiger partial charge in [0.1, 0.15) is 0 Å². The standard InChI is InChI=1S/C10H19NO2S/c1-4-9(10(12)13)5-7-14-8-6-11(2)3/h5H,4,6-8H2,1-3H3,(H,12,13). The van der Waals surface area contributed by atoms with Crippen LogP contribution in [0.5, 0.6) is 0 Å². The lowest BCUT2D eigenvalue weighted by atomic mass is 10.2. The minimum absolute atomic E-state index is 0.516. The highest BCUT2D eigenvalue weighted by atomic mass is 32.2. The Morgan fingerprint density at radius 2 is 2.14 bits per heavy atom. The minimum atomic E-state index is -0.791. The van der Waals surface area contributed by atoms with E-state index in [4.69, 9.17) is 5.11 Å². The second-order valence-corrected chi connectivity index (χ2v) is 4.42. The number of carbonyl (C=O) groups is 1. The maximum atomic E-state index is 10.6. The zero-order chi connectivity index (χ0) is 11.0. The van der Waals surface area contributed by atoms with Crippen molar-refractivity contribution in [3.8, 4) is 0 Å². The molecule has 0 amide bonds. The van der Waals surface area contributed by atoms with Gasteiger partial charge in [0.05, 0.1) is 0 Å². The molecule has 0 aliphatic carbocycles. The van der Waals surface area contributed by atoms with Gasteiger partial charge in [0.25, 0.3) is 0 Å². The van der Waals surface area contributed by atoms with Crippen LogP contribution in [0.25, 0.3) is 0 Å². The number of thioether (sulfide) groups is 1. The Kier molecular flexibility index (Phi) is 7.61. The molecule has 0 aliphatic heterocycles. The molecule has 3 nitrogen and oxygen atoms in total. The third-order valence-corrected chi connectivity index (χ3v) is 2.66. The first-order valence-corrected chi connectivity index (χ1v) is 5.88. The van der Waals surface area contributed by atoms with Crippen molar-refractivity contribution < 1.29 is 9.90 Å². The molecule has 14 heavy (non-hydrogen) atoms. The van der Waals surface area contributed by atoms with Crippen LogP contribution in [-0.4, -0.2) is 48.1 Å². The van der Waals surface area contributed by atoms with Crippen LogP contribution in [0.2, 0.25) is 0 Å². The summed E-state index contributed by atoms with van der Waals surface area (Å²) in [5, 5.41) is 8.73. The minimum Gasteiger partial charge on any atom is -0.478 e. The number of carboxylic acids is 1. The Morgan fingerprint density at radius 1 is 1.50 bits per heavy atom. The van der Waals surface area contributed by atoms with Gasteiger partial charge in [-0.05, 0) is 20.5 Å². The normalized spacial score (nSPS) is 12.1. The van der Waals surface area contributed by atoms with Gasteiger partial charge in [0, 0.05) is 23.6 Å². The zero-order valence-electron chi connectivity index (χ0n) is 9.12. The van der Waals surface area contributed by atoms with Crippen molar-refractivity contribution in [3.05, 3.63) is 11.6 Å². The smallest absolute Gasteiger partial charge is 0.331 e. The maximum absolute atomic E-state index is 10.6. The van der Waals surface area contributed by atoms with Gasteiger partial charge in [0.2, 0.25) is 0 Å². The van der Waals surface area contributed by atoms with Crippen LogP contribution in [-0.2, 0) is 4.79 Å². The average Bonchev–Trinajstić information content (AvgIpc) is 2.10. The van der Waals surface area contributed by atoms with Gasteiger partial charge in [-0.15, -0.1) is 0 Å². The van der Waals surface area contributed by atoms with Crippen LogP contribution < -0.4 is 0 Å². The van der Waals surface area contributed by atoms with E-state index in [0.29, 0.717) is 12.0 Å². The molecule has 0 aromatic carbocycles. The van der Waals surface area contributed by atoms with Gasteiger partial charge in [0.15, 0.2) is 0 Å². The van der Waals surface area contributed by atoms with E-state index in [1.807, 2.05) is 27.1 Å². The zero-order valence-corrected chi connectivity index (χ0v) is 9.93. The first-order valence-electron chi connectivity index (χ1n) is 4.72. The summed E-state index contributed by atoms with van der Waals surface area (Å²) in [6, 6.07) is 0. The second-order valence-electron chi connectivity index (χ2n) is 3.27. The van der Waals surface area contributed by atoms with Crippen molar-refractivity contribution in [1.82, 2.24) is 4.90 Å². The van der Waals surface area contributed by atoms with Gasteiger partial charge in [-0.1, -0.05) is 13.0 Å². The third kappa shape index (κ3) is 6.97. The molecule has 0 atom stereocenters. The molecule has 0 spiro atoms. The summed E-state index contributed by atoms with van der Waals surface area (Å²) in [5.74, 6) is 1.05. The molecule has 4 heteroatoms. The largest absolute Gasteiger partial charge is 0.478 e. The van der Waals surface area contributed by atoms with E-state index in [9.17, 15) is 4.79 Å². The van der Waals surface area contributed by atoms with Gasteiger partial charge in [-0.2, -0.15) is 11.8 Å². The average molecular weight is 217 g/mol. The van der Waals surface area contributed by atoms with E-state index < -0.39 is 5.97 Å². The SMILES string of the molecule is CCC(=CCSCCN(C)C)C(=O)O. The Balaban J connectivity index is 3.64. The van der Waals surface area contributed by atoms with E-state index in [1.54, 1.807) is 11.8 Å². The molecule has 0 aromatic heterocycles. The summed E-state index contributed by atoms with van der Waals surface area (Å²) >= 11 is 1.76. The third-order valence-electron chi connectivity index (χ3n) is 1.79. The topological polar surface area (TPSA) is 40.5 Å². The monoisotopic (exact) mass is 217 g/mol. The molecule has 1 N–H and O–H groups in total. The summed E-state index contributed by atoms with van der Waals surface area (Å²) in [6.07, 6.45) is 2.41. The van der Waals surface area contributed by atoms with Gasteiger partial charge in [-0.25, -0.2) is 4.79 Å². The molecule has 0 saturated carbocycles. The Labute approximate surface area is 90.2 Å². The molecule has 82 valence electrons. The predicted molar refractivity (Wildman–Crippen MR) is 61.9 cm³/mol. The lowest BCUT2D eigenvalue weighted by molar-refractivity contribution is -0.132. The fraction of sp³-hybridized carbons (Fsp3) is 0.700. The molecule has 0 aromatic rings. The Bertz CT molecular complexity index is 202. The van der Waals surface area contributed by atoms with E-state index in [0.717, 1.165) is 18.1 Å². The lowest BCUT2D eigenvalue weighted by Gasteiger charge is -2.07. The van der Waals surface area contributed by atoms with Crippen molar-refractivity contribution >= 4 is 17.7 Å². The van der Waals surface area contributed by atoms with E-state index >= 15 is 0 Å². The number of hydrogen-bond acceptors (Lipinski definition) is 3. The van der Waals surface area contributed by atoms with Crippen LogP contribution in [0, 0.1) is 0 Å². The summed E-state index contributed by atoms with van der Waals surface area (Å²) in [4.78, 5) is 12.7. The van der Waals surface area contributed by atoms with Gasteiger partial charge < -0.3 is 10.0 Å². The van der Waals surface area contributed by atoms with E-state index in [2.05, 4.69) is 4.90 Å². The van der Waals surface area contributed by atoms with Gasteiger partial charge in [-0.3, -0.25) is 0 Å². The lowest BCUT2D eigenvalue weighted by Crippen LogP contribution is -2.14. The predicted octanol–water partition coefficient (Wildman–Crippen LogP) is 1.70. The van der Waals surface area contributed by atoms with Crippen LogP contribution in [0.3, 0.4) is 0 Å². The summed E-state index contributed by atoms with van der Waals surface area (Å²) < 4.78 is 0. The first kappa shape index (κ1) is 13.5. The Morgan fingerprint density at radius 3 is 2.57 bits per heavy atom. The van der Waals surface area contributed by atoms with Crippen LogP contribution in [0.15, 0.2) is 11.6 Å². The molecule has 0 bridgehead atoms. The Hall–Kier alpha value is -0.480.